The van der Waals surface area contributed by atoms with Crippen LogP contribution in [0.15, 0.2) is 60.7 Å². The molecule has 2 aromatic rings. The van der Waals surface area contributed by atoms with Crippen molar-refractivity contribution in [2.75, 3.05) is 30.4 Å². The van der Waals surface area contributed by atoms with Crippen molar-refractivity contribution in [3.63, 3.8) is 0 Å². The summed E-state index contributed by atoms with van der Waals surface area (Å²) in [4.78, 5) is 55.7. The Balaban J connectivity index is 1.43. The fraction of sp³-hybridized carbons (Fsp3) is 0.529. The third-order valence-electron chi connectivity index (χ3n) is 9.60. The number of hydrogen-bond acceptors (Lipinski definition) is 6. The molecule has 0 unspecified atom stereocenters. The Labute approximate surface area is 264 Å². The van der Waals surface area contributed by atoms with Crippen LogP contribution in [-0.4, -0.2) is 71.8 Å². The van der Waals surface area contributed by atoms with E-state index in [9.17, 15) is 19.2 Å². The Hall–Kier alpha value is -3.37. The van der Waals surface area contributed by atoms with Crippen LogP contribution < -0.4 is 21.7 Å². The highest BCUT2D eigenvalue weighted by Gasteiger charge is 2.53. The first-order valence-corrected chi connectivity index (χ1v) is 17.2. The standard InChI is InChI=1S/C34H45N5O4S/c1-44-13-12-28(38-30(40)20-35)33(42)36-21-31(41)39(32-25-15-23-14-24(17-25)18-26(32)16-23)29(19-22-8-4-2-5-9-22)34(43)37-27-10-6-3-7-11-27/h2-11,23-26,28-29,32H,12-21,35H2,1H3,(H,36,42)(H,37,43)(H,38,40)/t23?,24?,25?,26?,28-,29+,32?/m1/s1. The van der Waals surface area contributed by atoms with Gasteiger partial charge in [0.05, 0.1) is 13.1 Å². The minimum Gasteiger partial charge on any atom is -0.345 e. The first-order valence-electron chi connectivity index (χ1n) is 15.8. The molecule has 44 heavy (non-hydrogen) atoms. The molecule has 4 saturated carbocycles. The molecule has 0 aromatic heterocycles. The van der Waals surface area contributed by atoms with E-state index in [0.29, 0.717) is 48.0 Å². The Morgan fingerprint density at radius 2 is 1.50 bits per heavy atom. The zero-order chi connectivity index (χ0) is 31.1. The molecule has 4 bridgehead atoms. The van der Waals surface area contributed by atoms with E-state index in [4.69, 9.17) is 5.73 Å². The first-order chi connectivity index (χ1) is 21.4. The van der Waals surface area contributed by atoms with Crippen molar-refractivity contribution in [3.8, 4) is 0 Å². The molecule has 9 nitrogen and oxygen atoms in total. The molecule has 0 aliphatic heterocycles. The van der Waals surface area contributed by atoms with Gasteiger partial charge in [0.2, 0.25) is 23.6 Å². The quantitative estimate of drug-likeness (QED) is 0.257. The highest BCUT2D eigenvalue weighted by atomic mass is 32.2. The van der Waals surface area contributed by atoms with Crippen LogP contribution in [0.1, 0.15) is 44.1 Å². The highest BCUT2D eigenvalue weighted by molar-refractivity contribution is 7.98. The number of nitrogens with two attached hydrogens (primary N) is 1. The molecule has 4 fully saturated rings. The lowest BCUT2D eigenvalue weighted by Crippen LogP contribution is -2.64. The number of anilines is 1. The highest BCUT2D eigenvalue weighted by Crippen LogP contribution is 2.55. The maximum atomic E-state index is 14.4. The molecule has 10 heteroatoms. The lowest BCUT2D eigenvalue weighted by atomic mass is 9.53. The summed E-state index contributed by atoms with van der Waals surface area (Å²) in [7, 11) is 0. The topological polar surface area (TPSA) is 134 Å². The summed E-state index contributed by atoms with van der Waals surface area (Å²) in [6.45, 7) is -0.473. The normalized spacial score (nSPS) is 24.6. The summed E-state index contributed by atoms with van der Waals surface area (Å²) < 4.78 is 0. The van der Waals surface area contributed by atoms with Gasteiger partial charge in [-0.25, -0.2) is 0 Å². The molecular formula is C34H45N5O4S. The second kappa shape index (κ2) is 15.1. The molecule has 6 rings (SSSR count). The van der Waals surface area contributed by atoms with E-state index in [1.807, 2.05) is 71.8 Å². The van der Waals surface area contributed by atoms with E-state index >= 15 is 0 Å². The predicted octanol–water partition coefficient (Wildman–Crippen LogP) is 3.20. The smallest absolute Gasteiger partial charge is 0.247 e. The van der Waals surface area contributed by atoms with Gasteiger partial charge in [0.25, 0.3) is 0 Å². The van der Waals surface area contributed by atoms with Crippen molar-refractivity contribution in [2.24, 2.45) is 29.4 Å². The van der Waals surface area contributed by atoms with E-state index in [1.165, 1.54) is 6.42 Å². The SMILES string of the molecule is CSCC[C@@H](NC(=O)CN)C(=O)NCC(=O)N(C1C2CC3CC(C2)CC1C3)[C@@H](Cc1ccccc1)C(=O)Nc1ccccc1. The van der Waals surface area contributed by atoms with E-state index in [1.54, 1.807) is 11.8 Å². The first kappa shape index (κ1) is 32.0. The van der Waals surface area contributed by atoms with Gasteiger partial charge in [-0.1, -0.05) is 48.5 Å². The van der Waals surface area contributed by atoms with Crippen LogP contribution in [0.3, 0.4) is 0 Å². The van der Waals surface area contributed by atoms with Crippen molar-refractivity contribution >= 4 is 41.1 Å². The summed E-state index contributed by atoms with van der Waals surface area (Å²) >= 11 is 1.57. The Bertz CT molecular complexity index is 1270. The number of nitrogens with one attached hydrogen (secondary N) is 3. The summed E-state index contributed by atoms with van der Waals surface area (Å²) in [5.41, 5.74) is 7.12. The number of amides is 4. The van der Waals surface area contributed by atoms with Gasteiger partial charge < -0.3 is 26.6 Å². The van der Waals surface area contributed by atoms with E-state index in [2.05, 4.69) is 16.0 Å². The van der Waals surface area contributed by atoms with Gasteiger partial charge in [0.15, 0.2) is 0 Å². The lowest BCUT2D eigenvalue weighted by Gasteiger charge is -2.58. The van der Waals surface area contributed by atoms with Crippen LogP contribution in [0.4, 0.5) is 5.69 Å². The number of benzene rings is 2. The minimum absolute atomic E-state index is 0.0633. The number of rotatable bonds is 14. The molecule has 236 valence electrons. The van der Waals surface area contributed by atoms with Crippen molar-refractivity contribution in [3.05, 3.63) is 66.2 Å². The number of thioether (sulfide) groups is 1. The monoisotopic (exact) mass is 619 g/mol. The average molecular weight is 620 g/mol. The van der Waals surface area contributed by atoms with Gasteiger partial charge in [-0.15, -0.1) is 0 Å². The molecule has 4 aliphatic rings. The van der Waals surface area contributed by atoms with Crippen LogP contribution in [-0.2, 0) is 25.6 Å². The number of hydrogen-bond donors (Lipinski definition) is 4. The number of nitrogens with zero attached hydrogens (tertiary/aromatic N) is 1. The van der Waals surface area contributed by atoms with Crippen molar-refractivity contribution in [1.29, 1.82) is 0 Å². The molecule has 0 heterocycles. The Kier molecular flexibility index (Phi) is 11.0. The van der Waals surface area contributed by atoms with E-state index in [0.717, 1.165) is 31.2 Å². The second-order valence-electron chi connectivity index (χ2n) is 12.6. The van der Waals surface area contributed by atoms with Crippen LogP contribution in [0.2, 0.25) is 0 Å². The second-order valence-corrected chi connectivity index (χ2v) is 13.6. The molecule has 2 aromatic carbocycles. The molecule has 2 atom stereocenters. The maximum absolute atomic E-state index is 14.4. The zero-order valence-corrected chi connectivity index (χ0v) is 26.3. The molecule has 0 spiro atoms. The fourth-order valence-corrected chi connectivity index (χ4v) is 8.41. The number of para-hydroxylation sites is 1. The van der Waals surface area contributed by atoms with E-state index in [-0.39, 0.29) is 30.9 Å². The molecule has 4 aliphatic carbocycles. The average Bonchev–Trinajstić information content (AvgIpc) is 3.03. The van der Waals surface area contributed by atoms with Gasteiger partial charge in [-0.3, -0.25) is 19.2 Å². The number of carbonyl (C=O) groups is 4. The van der Waals surface area contributed by atoms with Crippen LogP contribution in [0.5, 0.6) is 0 Å². The lowest BCUT2D eigenvalue weighted by molar-refractivity contribution is -0.152. The minimum atomic E-state index is -0.789. The predicted molar refractivity (Wildman–Crippen MR) is 174 cm³/mol. The van der Waals surface area contributed by atoms with Gasteiger partial charge in [0.1, 0.15) is 12.1 Å². The van der Waals surface area contributed by atoms with Gasteiger partial charge in [-0.05, 0) is 91.9 Å². The van der Waals surface area contributed by atoms with Crippen LogP contribution >= 0.6 is 11.8 Å². The summed E-state index contributed by atoms with van der Waals surface area (Å²) in [5.74, 6) is 1.38. The summed E-state index contributed by atoms with van der Waals surface area (Å²) in [6.07, 6.45) is 8.30. The van der Waals surface area contributed by atoms with Crippen LogP contribution in [0.25, 0.3) is 0 Å². The molecule has 0 radical (unpaired) electrons. The van der Waals surface area contributed by atoms with Crippen LogP contribution in [0, 0.1) is 23.7 Å². The molecule has 5 N–H and O–H groups in total. The molecular weight excluding hydrogens is 574 g/mol. The van der Waals surface area contributed by atoms with Crippen molar-refractivity contribution < 1.29 is 19.2 Å². The molecule has 0 saturated heterocycles. The largest absolute Gasteiger partial charge is 0.345 e. The third-order valence-corrected chi connectivity index (χ3v) is 10.2. The zero-order valence-electron chi connectivity index (χ0n) is 25.5. The van der Waals surface area contributed by atoms with Crippen molar-refractivity contribution in [1.82, 2.24) is 15.5 Å². The Morgan fingerprint density at radius 3 is 2.09 bits per heavy atom. The van der Waals surface area contributed by atoms with Gasteiger partial charge in [0, 0.05) is 18.2 Å². The Morgan fingerprint density at radius 1 is 0.886 bits per heavy atom. The number of carbonyl (C=O) groups excluding carboxylic acids is 4. The maximum Gasteiger partial charge on any atom is 0.247 e. The third kappa shape index (κ3) is 7.82. The summed E-state index contributed by atoms with van der Waals surface area (Å²) in [6, 6.07) is 17.5. The summed E-state index contributed by atoms with van der Waals surface area (Å²) in [5, 5.41) is 8.56. The van der Waals surface area contributed by atoms with E-state index < -0.39 is 23.9 Å². The molecule has 4 amide bonds. The van der Waals surface area contributed by atoms with Crippen molar-refractivity contribution in [2.45, 2.75) is 63.1 Å². The van der Waals surface area contributed by atoms with Gasteiger partial charge >= 0.3 is 0 Å². The van der Waals surface area contributed by atoms with Gasteiger partial charge in [-0.2, -0.15) is 11.8 Å². The fourth-order valence-electron chi connectivity index (χ4n) is 7.94.